The molecule has 4 heteroatoms. The van der Waals surface area contributed by atoms with Crippen LogP contribution in [0.4, 0.5) is 0 Å². The maximum Gasteiger partial charge on any atom is 0.171 e. The van der Waals surface area contributed by atoms with Crippen molar-refractivity contribution in [2.75, 3.05) is 6.54 Å². The number of fused-ring (bicyclic) bond motifs is 2. The minimum atomic E-state index is 0.163. The van der Waals surface area contributed by atoms with Crippen molar-refractivity contribution in [3.8, 4) is 0 Å². The highest BCUT2D eigenvalue weighted by atomic mass is 32.2. The molecule has 20 heavy (non-hydrogen) atoms. The number of allylic oxidation sites excluding steroid dienone is 6. The van der Waals surface area contributed by atoms with Gasteiger partial charge in [0.05, 0.1) is 12.6 Å². The van der Waals surface area contributed by atoms with Crippen LogP contribution in [0.2, 0.25) is 0 Å². The van der Waals surface area contributed by atoms with E-state index in [-0.39, 0.29) is 11.8 Å². The number of rotatable bonds is 1. The number of hydrogen-bond acceptors (Lipinski definition) is 4. The van der Waals surface area contributed by atoms with Crippen LogP contribution in [0.25, 0.3) is 0 Å². The zero-order valence-electron chi connectivity index (χ0n) is 10.9. The molecule has 0 fully saturated rings. The van der Waals surface area contributed by atoms with Crippen LogP contribution in [-0.4, -0.2) is 27.8 Å². The highest BCUT2D eigenvalue weighted by molar-refractivity contribution is 8.01. The molecule has 2 heterocycles. The molecule has 0 aromatic heterocycles. The van der Waals surface area contributed by atoms with E-state index in [1.807, 2.05) is 18.2 Å². The fourth-order valence-corrected chi connectivity index (χ4v) is 3.82. The van der Waals surface area contributed by atoms with Crippen molar-refractivity contribution in [3.63, 3.8) is 0 Å². The molecule has 0 amide bonds. The van der Waals surface area contributed by atoms with Gasteiger partial charge in [0.1, 0.15) is 0 Å². The molecule has 0 aromatic carbocycles. The number of hydrazine groups is 1. The lowest BCUT2D eigenvalue weighted by molar-refractivity contribution is -0.118. The number of ketones is 1. The Morgan fingerprint density at radius 2 is 2.20 bits per heavy atom. The maximum atomic E-state index is 11.9. The molecule has 0 saturated heterocycles. The van der Waals surface area contributed by atoms with Crippen molar-refractivity contribution in [3.05, 3.63) is 70.9 Å². The predicted octanol–water partition coefficient (Wildman–Crippen LogP) is 2.90. The van der Waals surface area contributed by atoms with Gasteiger partial charge in [-0.1, -0.05) is 36.5 Å². The Morgan fingerprint density at radius 1 is 1.25 bits per heavy atom. The average Bonchev–Trinajstić information content (AvgIpc) is 2.90. The zero-order valence-corrected chi connectivity index (χ0v) is 11.7. The molecule has 4 rings (SSSR count). The third kappa shape index (κ3) is 1.92. The minimum absolute atomic E-state index is 0.163. The smallest absolute Gasteiger partial charge is 0.171 e. The third-order valence-corrected chi connectivity index (χ3v) is 4.85. The Bertz CT molecular complexity index is 651. The minimum Gasteiger partial charge on any atom is -0.293 e. The summed E-state index contributed by atoms with van der Waals surface area (Å²) in [6.45, 7) is 0.434. The second kappa shape index (κ2) is 4.65. The van der Waals surface area contributed by atoms with Crippen LogP contribution in [0.1, 0.15) is 6.42 Å². The topological polar surface area (TPSA) is 23.6 Å². The normalized spacial score (nSPS) is 28.0. The van der Waals surface area contributed by atoms with Crippen LogP contribution in [0.3, 0.4) is 0 Å². The molecule has 100 valence electrons. The predicted molar refractivity (Wildman–Crippen MR) is 81.2 cm³/mol. The Kier molecular flexibility index (Phi) is 2.79. The van der Waals surface area contributed by atoms with Crippen molar-refractivity contribution in [2.24, 2.45) is 0 Å². The van der Waals surface area contributed by atoms with Crippen molar-refractivity contribution >= 4 is 17.7 Å². The number of carbonyl (C=O) groups is 1. The van der Waals surface area contributed by atoms with Gasteiger partial charge in [-0.15, -0.1) is 0 Å². The number of carbonyl (C=O) groups excluding carboxylic acids is 1. The van der Waals surface area contributed by atoms with Gasteiger partial charge in [0, 0.05) is 23.1 Å². The molecule has 3 nitrogen and oxygen atoms in total. The van der Waals surface area contributed by atoms with E-state index in [0.717, 1.165) is 12.0 Å². The summed E-state index contributed by atoms with van der Waals surface area (Å²) in [5.41, 5.74) is 2.40. The van der Waals surface area contributed by atoms with E-state index >= 15 is 0 Å². The van der Waals surface area contributed by atoms with Crippen LogP contribution in [0.5, 0.6) is 0 Å². The summed E-state index contributed by atoms with van der Waals surface area (Å²) in [6.07, 6.45) is 19.5. The molecule has 0 N–H and O–H groups in total. The zero-order chi connectivity index (χ0) is 13.5. The first-order valence-electron chi connectivity index (χ1n) is 6.72. The van der Waals surface area contributed by atoms with Gasteiger partial charge >= 0.3 is 0 Å². The molecule has 2 aliphatic heterocycles. The van der Waals surface area contributed by atoms with Crippen LogP contribution in [0.15, 0.2) is 70.9 Å². The monoisotopic (exact) mass is 282 g/mol. The van der Waals surface area contributed by atoms with Gasteiger partial charge < -0.3 is 0 Å². The summed E-state index contributed by atoms with van der Waals surface area (Å²) >= 11 is 1.70. The van der Waals surface area contributed by atoms with Gasteiger partial charge in [-0.3, -0.25) is 4.79 Å². The van der Waals surface area contributed by atoms with Crippen LogP contribution in [0, 0.1) is 0 Å². The van der Waals surface area contributed by atoms with E-state index in [4.69, 9.17) is 0 Å². The van der Waals surface area contributed by atoms with E-state index in [1.54, 1.807) is 18.0 Å². The van der Waals surface area contributed by atoms with E-state index in [1.165, 1.54) is 10.5 Å². The van der Waals surface area contributed by atoms with E-state index < -0.39 is 0 Å². The van der Waals surface area contributed by atoms with Gasteiger partial charge in [0.15, 0.2) is 5.78 Å². The lowest BCUT2D eigenvalue weighted by Crippen LogP contribution is -2.48. The first kappa shape index (κ1) is 12.0. The standard InChI is InChI=1S/C16H14N2OS/c19-14-9-12-5-1-3-7-15(12)17(11-14)18-10-13-6-2-4-8-16(13)20-18/h1-5,7-10,15H,6,11H2. The molecule has 2 aliphatic carbocycles. The molecule has 0 spiro atoms. The van der Waals surface area contributed by atoms with Crippen molar-refractivity contribution in [2.45, 2.75) is 12.5 Å². The molecule has 0 saturated carbocycles. The quantitative estimate of drug-likeness (QED) is 0.690. The second-order valence-electron chi connectivity index (χ2n) is 5.11. The lowest BCUT2D eigenvalue weighted by atomic mass is 9.96. The molecule has 1 unspecified atom stereocenters. The molecule has 0 bridgehead atoms. The fraction of sp³-hybridized carbons (Fsp3) is 0.188. The summed E-state index contributed by atoms with van der Waals surface area (Å²) < 4.78 is 2.12. The summed E-state index contributed by atoms with van der Waals surface area (Å²) in [7, 11) is 0. The fourth-order valence-electron chi connectivity index (χ4n) is 2.78. The SMILES string of the molecule is O=C1C=C2C=CC=CC2N(N2C=C3CC=CC=C3S2)C1. The molecular weight excluding hydrogens is 268 g/mol. The Morgan fingerprint density at radius 3 is 3.10 bits per heavy atom. The van der Waals surface area contributed by atoms with Gasteiger partial charge in [-0.25, -0.2) is 4.41 Å². The van der Waals surface area contributed by atoms with Gasteiger partial charge in [-0.2, -0.15) is 5.01 Å². The average molecular weight is 282 g/mol. The Labute approximate surface area is 122 Å². The summed E-state index contributed by atoms with van der Waals surface area (Å²) in [5.74, 6) is 0.164. The number of hydrogen-bond donors (Lipinski definition) is 0. The van der Waals surface area contributed by atoms with Crippen molar-refractivity contribution in [1.29, 1.82) is 0 Å². The molecule has 1 atom stereocenters. The molecule has 0 aromatic rings. The third-order valence-electron chi connectivity index (χ3n) is 3.75. The summed E-state index contributed by atoms with van der Waals surface area (Å²) in [6, 6.07) is 0.163. The number of nitrogens with zero attached hydrogens (tertiary/aromatic N) is 2. The maximum absolute atomic E-state index is 11.9. The van der Waals surface area contributed by atoms with Crippen LogP contribution < -0.4 is 0 Å². The first-order chi connectivity index (χ1) is 9.81. The van der Waals surface area contributed by atoms with Crippen molar-refractivity contribution < 1.29 is 4.79 Å². The molecule has 4 aliphatic rings. The highest BCUT2D eigenvalue weighted by Crippen LogP contribution is 2.42. The lowest BCUT2D eigenvalue weighted by Gasteiger charge is -2.38. The van der Waals surface area contributed by atoms with Gasteiger partial charge in [0.2, 0.25) is 0 Å². The van der Waals surface area contributed by atoms with Gasteiger partial charge in [-0.05, 0) is 29.7 Å². The van der Waals surface area contributed by atoms with Crippen LogP contribution >= 0.6 is 11.9 Å². The molecule has 0 radical (unpaired) electrons. The largest absolute Gasteiger partial charge is 0.293 e. The van der Waals surface area contributed by atoms with E-state index in [0.29, 0.717) is 6.54 Å². The van der Waals surface area contributed by atoms with Crippen LogP contribution in [-0.2, 0) is 4.79 Å². The van der Waals surface area contributed by atoms with Gasteiger partial charge in [0.25, 0.3) is 0 Å². The summed E-state index contributed by atoms with van der Waals surface area (Å²) in [4.78, 5) is 13.2. The van der Waals surface area contributed by atoms with E-state index in [9.17, 15) is 4.79 Å². The summed E-state index contributed by atoms with van der Waals surface area (Å²) in [5, 5.41) is 2.13. The second-order valence-corrected chi connectivity index (χ2v) is 6.10. The first-order valence-corrected chi connectivity index (χ1v) is 7.49. The highest BCUT2D eigenvalue weighted by Gasteiger charge is 2.34. The van der Waals surface area contributed by atoms with E-state index in [2.05, 4.69) is 39.9 Å². The van der Waals surface area contributed by atoms with Crippen molar-refractivity contribution in [1.82, 2.24) is 9.42 Å². The molecular formula is C16H14N2OS. The Balaban J connectivity index is 1.65. The Hall–Kier alpha value is -1.78.